The van der Waals surface area contributed by atoms with Gasteiger partial charge in [-0.2, -0.15) is 0 Å². The molecule has 2 aliphatic rings. The zero-order valence-electron chi connectivity index (χ0n) is 11.8. The Morgan fingerprint density at radius 2 is 2.23 bits per heavy atom. The lowest BCUT2D eigenvalue weighted by Crippen LogP contribution is -2.38. The van der Waals surface area contributed by atoms with Crippen molar-refractivity contribution < 1.29 is 19.1 Å². The third kappa shape index (κ3) is 2.47. The van der Waals surface area contributed by atoms with E-state index in [1.165, 1.54) is 17.0 Å². The van der Waals surface area contributed by atoms with Crippen LogP contribution in [0.2, 0.25) is 0 Å². The van der Waals surface area contributed by atoms with E-state index in [1.54, 1.807) is 6.07 Å². The van der Waals surface area contributed by atoms with Crippen molar-refractivity contribution in [3.05, 3.63) is 28.5 Å². The summed E-state index contributed by atoms with van der Waals surface area (Å²) >= 11 is 3.16. The molecule has 118 valence electrons. The second-order valence-corrected chi connectivity index (χ2v) is 6.90. The molecular formula is C15H16BrFN2O3. The van der Waals surface area contributed by atoms with Gasteiger partial charge in [0.1, 0.15) is 5.82 Å². The average Bonchev–Trinajstić information content (AvgIpc) is 2.99. The molecule has 1 saturated carbocycles. The summed E-state index contributed by atoms with van der Waals surface area (Å²) in [6.07, 6.45) is 2.31. The smallest absolute Gasteiger partial charge is 0.321 e. The van der Waals surface area contributed by atoms with Gasteiger partial charge in [0, 0.05) is 17.6 Å². The number of urea groups is 1. The molecule has 2 fully saturated rings. The molecule has 2 atom stereocenters. The van der Waals surface area contributed by atoms with Crippen LogP contribution in [0.15, 0.2) is 22.7 Å². The first-order valence-corrected chi connectivity index (χ1v) is 7.96. The predicted octanol–water partition coefficient (Wildman–Crippen LogP) is 3.31. The second kappa shape index (κ2) is 5.53. The largest absolute Gasteiger partial charge is 0.481 e. The molecule has 1 aliphatic heterocycles. The first-order chi connectivity index (χ1) is 10.4. The molecule has 2 N–H and O–H groups in total. The minimum absolute atomic E-state index is 0.00878. The summed E-state index contributed by atoms with van der Waals surface area (Å²) < 4.78 is 14.4. The van der Waals surface area contributed by atoms with E-state index in [4.69, 9.17) is 0 Å². The number of likely N-dealkylation sites (tertiary alicyclic amines) is 1. The number of nitrogens with one attached hydrogen (secondary N) is 1. The quantitative estimate of drug-likeness (QED) is 0.838. The molecule has 0 bridgehead atoms. The highest BCUT2D eigenvalue weighted by Crippen LogP contribution is 2.48. The van der Waals surface area contributed by atoms with Gasteiger partial charge in [-0.05, 0) is 37.0 Å². The van der Waals surface area contributed by atoms with E-state index in [0.29, 0.717) is 17.4 Å². The number of rotatable bonds is 2. The Bertz CT molecular complexity index is 639. The molecule has 1 aromatic carbocycles. The van der Waals surface area contributed by atoms with Gasteiger partial charge >= 0.3 is 12.0 Å². The van der Waals surface area contributed by atoms with Crippen LogP contribution in [-0.2, 0) is 4.79 Å². The third-order valence-electron chi connectivity index (χ3n) is 4.76. The van der Waals surface area contributed by atoms with Gasteiger partial charge in [-0.3, -0.25) is 4.79 Å². The lowest BCUT2D eigenvalue weighted by Gasteiger charge is -2.23. The van der Waals surface area contributed by atoms with Crippen molar-refractivity contribution in [2.45, 2.75) is 19.3 Å². The van der Waals surface area contributed by atoms with Crippen LogP contribution in [0, 0.1) is 17.2 Å². The normalized spacial score (nSPS) is 26.8. The zero-order valence-corrected chi connectivity index (χ0v) is 13.4. The number of halogens is 2. The Morgan fingerprint density at radius 3 is 2.86 bits per heavy atom. The molecule has 1 saturated heterocycles. The van der Waals surface area contributed by atoms with Crippen LogP contribution in [0.1, 0.15) is 19.3 Å². The lowest BCUT2D eigenvalue weighted by molar-refractivity contribution is -0.149. The number of fused-ring (bicyclic) bond motifs is 1. The van der Waals surface area contributed by atoms with Crippen molar-refractivity contribution in [2.75, 3.05) is 18.4 Å². The van der Waals surface area contributed by atoms with E-state index >= 15 is 0 Å². The van der Waals surface area contributed by atoms with E-state index < -0.39 is 23.2 Å². The topological polar surface area (TPSA) is 69.6 Å². The van der Waals surface area contributed by atoms with Crippen LogP contribution < -0.4 is 5.32 Å². The number of carboxylic acid groups (broad SMARTS) is 1. The molecule has 7 heteroatoms. The first-order valence-electron chi connectivity index (χ1n) is 7.17. The van der Waals surface area contributed by atoms with Crippen LogP contribution in [0.5, 0.6) is 0 Å². The molecule has 3 rings (SSSR count). The number of aliphatic carboxylic acids is 1. The minimum Gasteiger partial charge on any atom is -0.481 e. The molecular weight excluding hydrogens is 355 g/mol. The summed E-state index contributed by atoms with van der Waals surface area (Å²) in [6, 6.07) is 3.93. The molecule has 0 spiro atoms. The molecule has 1 aromatic rings. The predicted molar refractivity (Wildman–Crippen MR) is 82.1 cm³/mol. The van der Waals surface area contributed by atoms with Gasteiger partial charge in [0.05, 0.1) is 11.1 Å². The van der Waals surface area contributed by atoms with Gasteiger partial charge in [0.2, 0.25) is 0 Å². The zero-order chi connectivity index (χ0) is 15.9. The van der Waals surface area contributed by atoms with Crippen LogP contribution in [-0.4, -0.2) is 35.1 Å². The van der Waals surface area contributed by atoms with Crippen LogP contribution in [0.25, 0.3) is 0 Å². The van der Waals surface area contributed by atoms with E-state index in [1.807, 2.05) is 0 Å². The van der Waals surface area contributed by atoms with Crippen LogP contribution in [0.3, 0.4) is 0 Å². The van der Waals surface area contributed by atoms with E-state index in [0.717, 1.165) is 12.8 Å². The highest BCUT2D eigenvalue weighted by atomic mass is 79.9. The number of hydrogen-bond acceptors (Lipinski definition) is 2. The Balaban J connectivity index is 1.73. The molecule has 5 nitrogen and oxygen atoms in total. The fourth-order valence-corrected chi connectivity index (χ4v) is 3.91. The number of nitrogens with zero attached hydrogens (tertiary/aromatic N) is 1. The summed E-state index contributed by atoms with van der Waals surface area (Å²) in [6.45, 7) is 0.604. The van der Waals surface area contributed by atoms with E-state index in [9.17, 15) is 19.1 Å². The first kappa shape index (κ1) is 15.3. The van der Waals surface area contributed by atoms with Crippen LogP contribution in [0.4, 0.5) is 14.9 Å². The lowest BCUT2D eigenvalue weighted by atomic mass is 9.81. The van der Waals surface area contributed by atoms with Gasteiger partial charge in [0.25, 0.3) is 0 Å². The van der Waals surface area contributed by atoms with Gasteiger partial charge in [-0.25, -0.2) is 9.18 Å². The number of carboxylic acids is 1. The molecule has 0 unspecified atom stereocenters. The highest BCUT2D eigenvalue weighted by molar-refractivity contribution is 9.10. The molecule has 0 aromatic heterocycles. The van der Waals surface area contributed by atoms with Crippen LogP contribution >= 0.6 is 15.9 Å². The van der Waals surface area contributed by atoms with Gasteiger partial charge < -0.3 is 15.3 Å². The van der Waals surface area contributed by atoms with Crippen molar-refractivity contribution in [2.24, 2.45) is 11.3 Å². The van der Waals surface area contributed by atoms with E-state index in [2.05, 4.69) is 21.2 Å². The molecule has 1 aliphatic carbocycles. The standard InChI is InChI=1S/C15H16BrFN2O3/c16-10-3-4-12(11(17)6-10)18-14(22)19-7-9-2-1-5-15(9,8-19)13(20)21/h3-4,6,9H,1-2,5,7-8H2,(H,18,22)(H,20,21)/t9-,15+/m0/s1. The number of carbonyl (C=O) groups excluding carboxylic acids is 1. The summed E-state index contributed by atoms with van der Waals surface area (Å²) in [5, 5.41) is 12.0. The summed E-state index contributed by atoms with van der Waals surface area (Å²) in [7, 11) is 0. The Morgan fingerprint density at radius 1 is 1.45 bits per heavy atom. The number of carbonyl (C=O) groups is 2. The van der Waals surface area contributed by atoms with Crippen molar-refractivity contribution >= 4 is 33.6 Å². The van der Waals surface area contributed by atoms with Crippen molar-refractivity contribution in [1.82, 2.24) is 4.90 Å². The maximum atomic E-state index is 13.8. The fourth-order valence-electron chi connectivity index (χ4n) is 3.58. The Kier molecular flexibility index (Phi) is 3.84. The Labute approximate surface area is 135 Å². The second-order valence-electron chi connectivity index (χ2n) is 5.99. The monoisotopic (exact) mass is 370 g/mol. The highest BCUT2D eigenvalue weighted by Gasteiger charge is 2.55. The van der Waals surface area contributed by atoms with Crippen molar-refractivity contribution in [1.29, 1.82) is 0 Å². The molecule has 22 heavy (non-hydrogen) atoms. The molecule has 2 amide bonds. The van der Waals surface area contributed by atoms with Gasteiger partial charge in [-0.15, -0.1) is 0 Å². The maximum Gasteiger partial charge on any atom is 0.321 e. The maximum absolute atomic E-state index is 13.8. The fraction of sp³-hybridized carbons (Fsp3) is 0.467. The summed E-state index contributed by atoms with van der Waals surface area (Å²) in [4.78, 5) is 25.4. The summed E-state index contributed by atoms with van der Waals surface area (Å²) in [5.74, 6) is -1.37. The van der Waals surface area contributed by atoms with E-state index in [-0.39, 0.29) is 18.2 Å². The number of benzene rings is 1. The van der Waals surface area contributed by atoms with Gasteiger partial charge in [-0.1, -0.05) is 22.4 Å². The number of anilines is 1. The minimum atomic E-state index is -0.833. The SMILES string of the molecule is O=C(Nc1ccc(Br)cc1F)N1C[C@@H]2CCC[C@@]2(C(=O)O)C1. The third-order valence-corrected chi connectivity index (χ3v) is 5.25. The molecule has 0 radical (unpaired) electrons. The van der Waals surface area contributed by atoms with Gasteiger partial charge in [0.15, 0.2) is 0 Å². The number of amides is 2. The molecule has 1 heterocycles. The number of hydrogen-bond donors (Lipinski definition) is 2. The van der Waals surface area contributed by atoms with Crippen molar-refractivity contribution in [3.8, 4) is 0 Å². The van der Waals surface area contributed by atoms with Crippen molar-refractivity contribution in [3.63, 3.8) is 0 Å². The Hall–Kier alpha value is -1.63. The average molecular weight is 371 g/mol. The summed E-state index contributed by atoms with van der Waals surface area (Å²) in [5.41, 5.74) is -0.732.